The molecule has 0 fully saturated rings. The maximum Gasteiger partial charge on any atom is 0.264 e. The van der Waals surface area contributed by atoms with Crippen molar-refractivity contribution in [2.45, 2.75) is 31.5 Å². The molecule has 8 heteroatoms. The van der Waals surface area contributed by atoms with Gasteiger partial charge in [0.05, 0.1) is 0 Å². The second-order valence-electron chi connectivity index (χ2n) is 4.93. The second-order valence-corrected chi connectivity index (χ2v) is 8.04. The van der Waals surface area contributed by atoms with E-state index in [1.54, 1.807) is 11.8 Å². The van der Waals surface area contributed by atoms with Crippen LogP contribution in [0.4, 0.5) is 5.13 Å². The molecule has 0 spiro atoms. The highest BCUT2D eigenvalue weighted by atomic mass is 79.9. The van der Waals surface area contributed by atoms with Crippen LogP contribution in [0.3, 0.4) is 0 Å². The molecule has 23 heavy (non-hydrogen) atoms. The van der Waals surface area contributed by atoms with Crippen LogP contribution in [0.2, 0.25) is 0 Å². The Hall–Kier alpha value is -1.12. The molecule has 5 nitrogen and oxygen atoms in total. The lowest BCUT2D eigenvalue weighted by atomic mass is 10.1. The van der Waals surface area contributed by atoms with Crippen LogP contribution >= 0.6 is 39.0 Å². The Kier molecular flexibility index (Phi) is 6.86. The molecule has 0 unspecified atom stereocenters. The molecule has 1 heterocycles. The number of carbonyl (C=O) groups is 1. The Balaban J connectivity index is 1.86. The molecule has 1 amide bonds. The third kappa shape index (κ3) is 5.47. The summed E-state index contributed by atoms with van der Waals surface area (Å²) in [5.41, 5.74) is 2.14. The van der Waals surface area contributed by atoms with Crippen LogP contribution in [-0.4, -0.2) is 28.5 Å². The van der Waals surface area contributed by atoms with Crippen LogP contribution < -0.4 is 10.1 Å². The standard InChI is InChI=1S/C15H18BrN3O2S2/c1-4-5-22-15-19-18-14(23-15)17-12(20)8-21-11-6-9(2)13(16)10(3)7-11/h6-7H,4-5,8H2,1-3H3,(H,17,18,20). The molecule has 2 rings (SSSR count). The summed E-state index contributed by atoms with van der Waals surface area (Å²) in [6.45, 7) is 6.03. The van der Waals surface area contributed by atoms with E-state index in [1.165, 1.54) is 11.3 Å². The number of benzene rings is 1. The van der Waals surface area contributed by atoms with Gasteiger partial charge in [0, 0.05) is 10.2 Å². The van der Waals surface area contributed by atoms with Gasteiger partial charge in [0.2, 0.25) is 5.13 Å². The zero-order chi connectivity index (χ0) is 16.8. The first-order chi connectivity index (χ1) is 11.0. The highest BCUT2D eigenvalue weighted by Gasteiger charge is 2.10. The van der Waals surface area contributed by atoms with Crippen molar-refractivity contribution in [3.8, 4) is 5.75 Å². The smallest absolute Gasteiger partial charge is 0.264 e. The molecule has 0 saturated heterocycles. The van der Waals surface area contributed by atoms with Gasteiger partial charge < -0.3 is 4.74 Å². The summed E-state index contributed by atoms with van der Waals surface area (Å²) in [5.74, 6) is 1.43. The summed E-state index contributed by atoms with van der Waals surface area (Å²) in [5, 5.41) is 11.2. The Morgan fingerprint density at radius 1 is 1.35 bits per heavy atom. The number of anilines is 1. The van der Waals surface area contributed by atoms with Crippen molar-refractivity contribution in [3.05, 3.63) is 27.7 Å². The van der Waals surface area contributed by atoms with E-state index in [4.69, 9.17) is 4.74 Å². The number of hydrogen-bond donors (Lipinski definition) is 1. The van der Waals surface area contributed by atoms with E-state index < -0.39 is 0 Å². The minimum Gasteiger partial charge on any atom is -0.484 e. The molecule has 2 aromatic rings. The van der Waals surface area contributed by atoms with Crippen molar-refractivity contribution in [1.29, 1.82) is 0 Å². The predicted octanol–water partition coefficient (Wildman–Crippen LogP) is 4.44. The number of halogens is 1. The summed E-state index contributed by atoms with van der Waals surface area (Å²) >= 11 is 6.52. The first-order valence-corrected chi connectivity index (χ1v) is 9.74. The monoisotopic (exact) mass is 415 g/mol. The minimum atomic E-state index is -0.244. The van der Waals surface area contributed by atoms with Gasteiger partial charge in [-0.3, -0.25) is 10.1 Å². The van der Waals surface area contributed by atoms with Crippen LogP contribution in [0.15, 0.2) is 20.9 Å². The van der Waals surface area contributed by atoms with Crippen LogP contribution in [0.25, 0.3) is 0 Å². The lowest BCUT2D eigenvalue weighted by molar-refractivity contribution is -0.118. The molecule has 0 atom stereocenters. The maximum atomic E-state index is 11.9. The Morgan fingerprint density at radius 2 is 2.04 bits per heavy atom. The van der Waals surface area contributed by atoms with Gasteiger partial charge in [-0.1, -0.05) is 46.0 Å². The predicted molar refractivity (Wildman–Crippen MR) is 98.7 cm³/mol. The quantitative estimate of drug-likeness (QED) is 0.534. The normalized spacial score (nSPS) is 10.6. The van der Waals surface area contributed by atoms with Crippen molar-refractivity contribution < 1.29 is 9.53 Å². The lowest BCUT2D eigenvalue weighted by Crippen LogP contribution is -2.20. The van der Waals surface area contributed by atoms with E-state index in [0.29, 0.717) is 10.9 Å². The van der Waals surface area contributed by atoms with Crippen LogP contribution in [0, 0.1) is 13.8 Å². The van der Waals surface area contributed by atoms with Gasteiger partial charge in [-0.05, 0) is 43.5 Å². The molecule has 0 aliphatic rings. The Labute approximate surface area is 152 Å². The maximum absolute atomic E-state index is 11.9. The van der Waals surface area contributed by atoms with Gasteiger partial charge in [0.15, 0.2) is 10.9 Å². The molecule has 0 saturated carbocycles. The number of ether oxygens (including phenoxy) is 1. The molecule has 1 aromatic carbocycles. The van der Waals surface area contributed by atoms with Crippen molar-refractivity contribution in [1.82, 2.24) is 10.2 Å². The zero-order valence-corrected chi connectivity index (χ0v) is 16.4. The molecule has 1 aromatic heterocycles. The largest absolute Gasteiger partial charge is 0.484 e. The molecule has 0 aliphatic heterocycles. The Morgan fingerprint density at radius 3 is 2.70 bits per heavy atom. The van der Waals surface area contributed by atoms with Gasteiger partial charge in [-0.2, -0.15) is 0 Å². The third-order valence-corrected chi connectivity index (χ3v) is 6.29. The van der Waals surface area contributed by atoms with Gasteiger partial charge in [-0.25, -0.2) is 0 Å². The number of aromatic nitrogens is 2. The van der Waals surface area contributed by atoms with Gasteiger partial charge >= 0.3 is 0 Å². The molecular formula is C15H18BrN3O2S2. The van der Waals surface area contributed by atoms with Crippen LogP contribution in [0.1, 0.15) is 24.5 Å². The van der Waals surface area contributed by atoms with E-state index >= 15 is 0 Å². The topological polar surface area (TPSA) is 64.1 Å². The molecule has 124 valence electrons. The van der Waals surface area contributed by atoms with E-state index in [2.05, 4.69) is 38.4 Å². The van der Waals surface area contributed by atoms with Crippen molar-refractivity contribution in [3.63, 3.8) is 0 Å². The van der Waals surface area contributed by atoms with E-state index in [-0.39, 0.29) is 12.5 Å². The number of aryl methyl sites for hydroxylation is 2. The number of nitrogens with one attached hydrogen (secondary N) is 1. The second kappa shape index (κ2) is 8.65. The first kappa shape index (κ1) is 18.2. The van der Waals surface area contributed by atoms with Crippen LogP contribution in [0.5, 0.6) is 5.75 Å². The number of rotatable bonds is 7. The number of hydrogen-bond acceptors (Lipinski definition) is 6. The number of amides is 1. The average molecular weight is 416 g/mol. The molecule has 1 N–H and O–H groups in total. The number of thioether (sulfide) groups is 1. The van der Waals surface area contributed by atoms with E-state index in [1.807, 2.05) is 26.0 Å². The highest BCUT2D eigenvalue weighted by Crippen LogP contribution is 2.27. The average Bonchev–Trinajstić information content (AvgIpc) is 2.95. The van der Waals surface area contributed by atoms with E-state index in [9.17, 15) is 4.79 Å². The third-order valence-electron chi connectivity index (χ3n) is 2.86. The summed E-state index contributed by atoms with van der Waals surface area (Å²) < 4.78 is 7.47. The molecular weight excluding hydrogens is 398 g/mol. The lowest BCUT2D eigenvalue weighted by Gasteiger charge is -2.09. The summed E-state index contributed by atoms with van der Waals surface area (Å²) in [7, 11) is 0. The zero-order valence-electron chi connectivity index (χ0n) is 13.2. The van der Waals surface area contributed by atoms with Gasteiger partial charge in [-0.15, -0.1) is 10.2 Å². The minimum absolute atomic E-state index is 0.0580. The number of carbonyl (C=O) groups excluding carboxylic acids is 1. The Bertz CT molecular complexity index is 668. The molecule has 0 radical (unpaired) electrons. The number of nitrogens with zero attached hydrogens (tertiary/aromatic N) is 2. The van der Waals surface area contributed by atoms with Crippen molar-refractivity contribution in [2.75, 3.05) is 17.7 Å². The summed E-state index contributed by atoms with van der Waals surface area (Å²) in [6, 6.07) is 3.80. The van der Waals surface area contributed by atoms with Crippen LogP contribution in [-0.2, 0) is 4.79 Å². The van der Waals surface area contributed by atoms with Crippen molar-refractivity contribution in [2.24, 2.45) is 0 Å². The van der Waals surface area contributed by atoms with Gasteiger partial charge in [0.25, 0.3) is 5.91 Å². The first-order valence-electron chi connectivity index (χ1n) is 7.15. The summed E-state index contributed by atoms with van der Waals surface area (Å²) in [6.07, 6.45) is 1.08. The highest BCUT2D eigenvalue weighted by molar-refractivity contribution is 9.10. The molecule has 0 bridgehead atoms. The van der Waals surface area contributed by atoms with Crippen molar-refractivity contribution >= 4 is 50.1 Å². The SMILES string of the molecule is CCCSc1nnc(NC(=O)COc2cc(C)c(Br)c(C)c2)s1. The fourth-order valence-corrected chi connectivity index (χ4v) is 3.72. The molecule has 0 aliphatic carbocycles. The van der Waals surface area contributed by atoms with E-state index in [0.717, 1.165) is 32.1 Å². The fraction of sp³-hybridized carbons (Fsp3) is 0.400. The fourth-order valence-electron chi connectivity index (χ4n) is 1.80. The van der Waals surface area contributed by atoms with Gasteiger partial charge in [0.1, 0.15) is 5.75 Å². The summed E-state index contributed by atoms with van der Waals surface area (Å²) in [4.78, 5) is 11.9.